The van der Waals surface area contributed by atoms with E-state index >= 15 is 0 Å². The quantitative estimate of drug-likeness (QED) is 0.366. The molecule has 0 atom stereocenters. The number of pyridine rings is 2. The highest BCUT2D eigenvalue weighted by molar-refractivity contribution is 6.35. The van der Waals surface area contributed by atoms with Crippen LogP contribution < -0.4 is 14.2 Å². The fourth-order valence-electron chi connectivity index (χ4n) is 2.92. The summed E-state index contributed by atoms with van der Waals surface area (Å²) in [6.45, 7) is 0.975. The maximum atomic E-state index is 9.49. The lowest BCUT2D eigenvalue weighted by Crippen LogP contribution is -2.05. The SMILES string of the molecule is COCCOc1cc2nccc(Cl)c2cc1OC.COc1cc2c(Cl)ccnc2cc1O. The van der Waals surface area contributed by atoms with Gasteiger partial charge in [0, 0.05) is 42.4 Å². The highest BCUT2D eigenvalue weighted by atomic mass is 35.5. The molecule has 2 heterocycles. The van der Waals surface area contributed by atoms with Crippen molar-refractivity contribution in [3.8, 4) is 23.0 Å². The van der Waals surface area contributed by atoms with Gasteiger partial charge >= 0.3 is 0 Å². The summed E-state index contributed by atoms with van der Waals surface area (Å²) < 4.78 is 20.8. The van der Waals surface area contributed by atoms with Crippen molar-refractivity contribution in [2.24, 2.45) is 0 Å². The second kappa shape index (κ2) is 11.0. The number of hydrogen-bond acceptors (Lipinski definition) is 7. The van der Waals surface area contributed by atoms with Gasteiger partial charge < -0.3 is 24.1 Å². The smallest absolute Gasteiger partial charge is 0.163 e. The molecular weight excluding hydrogens is 455 g/mol. The van der Waals surface area contributed by atoms with Gasteiger partial charge in [0.2, 0.25) is 0 Å². The first-order valence-electron chi connectivity index (χ1n) is 9.53. The van der Waals surface area contributed by atoms with Crippen LogP contribution in [-0.2, 0) is 4.74 Å². The van der Waals surface area contributed by atoms with Crippen molar-refractivity contribution < 1.29 is 24.1 Å². The van der Waals surface area contributed by atoms with Crippen molar-refractivity contribution in [2.45, 2.75) is 0 Å². The van der Waals surface area contributed by atoms with Crippen molar-refractivity contribution in [1.29, 1.82) is 0 Å². The van der Waals surface area contributed by atoms with Crippen LogP contribution in [0.25, 0.3) is 21.8 Å². The molecule has 0 spiro atoms. The number of hydrogen-bond donors (Lipinski definition) is 1. The molecule has 32 heavy (non-hydrogen) atoms. The van der Waals surface area contributed by atoms with Crippen LogP contribution in [0.2, 0.25) is 10.0 Å². The molecule has 0 fully saturated rings. The average Bonchev–Trinajstić information content (AvgIpc) is 2.79. The van der Waals surface area contributed by atoms with Gasteiger partial charge in [-0.15, -0.1) is 0 Å². The summed E-state index contributed by atoms with van der Waals surface area (Å²) in [6.07, 6.45) is 3.26. The molecule has 0 aliphatic heterocycles. The summed E-state index contributed by atoms with van der Waals surface area (Å²) in [6, 6.07) is 10.3. The number of benzene rings is 2. The second-order valence-corrected chi connectivity index (χ2v) is 7.30. The molecule has 2 aromatic carbocycles. The first-order valence-corrected chi connectivity index (χ1v) is 10.3. The van der Waals surface area contributed by atoms with Crippen molar-refractivity contribution in [1.82, 2.24) is 9.97 Å². The Balaban J connectivity index is 0.000000186. The fraction of sp³-hybridized carbons (Fsp3) is 0.217. The third kappa shape index (κ3) is 5.43. The molecule has 168 valence electrons. The van der Waals surface area contributed by atoms with Crippen LogP contribution in [0.3, 0.4) is 0 Å². The summed E-state index contributed by atoms with van der Waals surface area (Å²) in [4.78, 5) is 8.33. The molecule has 0 saturated carbocycles. The van der Waals surface area contributed by atoms with E-state index in [1.165, 1.54) is 13.2 Å². The lowest BCUT2D eigenvalue weighted by atomic mass is 10.2. The summed E-state index contributed by atoms with van der Waals surface area (Å²) in [5.74, 6) is 1.73. The maximum Gasteiger partial charge on any atom is 0.163 e. The minimum atomic E-state index is 0.0646. The Hall–Kier alpha value is -3.00. The number of fused-ring (bicyclic) bond motifs is 2. The van der Waals surface area contributed by atoms with Gasteiger partial charge in [0.25, 0.3) is 0 Å². The van der Waals surface area contributed by atoms with Gasteiger partial charge in [-0.2, -0.15) is 0 Å². The van der Waals surface area contributed by atoms with E-state index in [2.05, 4.69) is 9.97 Å². The Bertz CT molecular complexity index is 1220. The molecule has 2 aromatic heterocycles. The van der Waals surface area contributed by atoms with Crippen LogP contribution in [0.15, 0.2) is 48.8 Å². The zero-order valence-corrected chi connectivity index (χ0v) is 19.3. The monoisotopic (exact) mass is 476 g/mol. The summed E-state index contributed by atoms with van der Waals surface area (Å²) in [7, 11) is 4.71. The van der Waals surface area contributed by atoms with Crippen molar-refractivity contribution in [3.63, 3.8) is 0 Å². The van der Waals surface area contributed by atoms with Gasteiger partial charge in [-0.3, -0.25) is 9.97 Å². The Morgan fingerprint density at radius 2 is 1.31 bits per heavy atom. The van der Waals surface area contributed by atoms with Gasteiger partial charge in [-0.25, -0.2) is 0 Å². The summed E-state index contributed by atoms with van der Waals surface area (Å²) in [5.41, 5.74) is 1.42. The lowest BCUT2D eigenvalue weighted by Gasteiger charge is -2.11. The van der Waals surface area contributed by atoms with Gasteiger partial charge in [0.1, 0.15) is 6.61 Å². The minimum Gasteiger partial charge on any atom is -0.504 e. The molecule has 4 rings (SSSR count). The van der Waals surface area contributed by atoms with Gasteiger partial charge in [0.15, 0.2) is 23.0 Å². The number of ether oxygens (including phenoxy) is 4. The molecule has 0 radical (unpaired) electrons. The van der Waals surface area contributed by atoms with Crippen molar-refractivity contribution in [3.05, 3.63) is 58.8 Å². The number of nitrogens with zero attached hydrogens (tertiary/aromatic N) is 2. The number of aromatic hydroxyl groups is 1. The summed E-state index contributed by atoms with van der Waals surface area (Å²) >= 11 is 12.1. The number of halogens is 2. The third-order valence-electron chi connectivity index (χ3n) is 4.51. The zero-order valence-electron chi connectivity index (χ0n) is 17.8. The third-order valence-corrected chi connectivity index (χ3v) is 5.17. The maximum absolute atomic E-state index is 9.49. The topological polar surface area (TPSA) is 82.9 Å². The van der Waals surface area contributed by atoms with E-state index in [0.717, 1.165) is 16.3 Å². The largest absolute Gasteiger partial charge is 0.504 e. The first-order chi connectivity index (χ1) is 15.5. The molecular formula is C23H22Cl2N2O5. The molecule has 0 amide bonds. The van der Waals surface area contributed by atoms with E-state index in [1.807, 2.05) is 12.1 Å². The molecule has 0 bridgehead atoms. The summed E-state index contributed by atoms with van der Waals surface area (Å²) in [5, 5.41) is 12.3. The normalized spacial score (nSPS) is 10.5. The standard InChI is InChI=1S/C13H14ClNO3.C10H8ClNO2/c1-16-5-6-18-13-8-11-9(7-12(13)17-2)10(14)3-4-15-11;1-14-10-4-6-7(11)2-3-12-8(6)5-9(10)13/h3-4,7-8H,5-6H2,1-2H3;2-5,13H,1H3. The molecule has 7 nitrogen and oxygen atoms in total. The molecule has 1 N–H and O–H groups in total. The van der Waals surface area contributed by atoms with Gasteiger partial charge in [-0.1, -0.05) is 23.2 Å². The van der Waals surface area contributed by atoms with Crippen molar-refractivity contribution >= 4 is 45.0 Å². The van der Waals surface area contributed by atoms with Crippen LogP contribution in [0.1, 0.15) is 0 Å². The predicted molar refractivity (Wildman–Crippen MR) is 126 cm³/mol. The molecule has 9 heteroatoms. The zero-order chi connectivity index (χ0) is 23.1. The highest BCUT2D eigenvalue weighted by Gasteiger charge is 2.10. The Labute approximate surface area is 195 Å². The lowest BCUT2D eigenvalue weighted by molar-refractivity contribution is 0.144. The average molecular weight is 477 g/mol. The number of phenols is 1. The molecule has 0 aliphatic rings. The van der Waals surface area contributed by atoms with E-state index in [4.69, 9.17) is 42.1 Å². The molecule has 0 saturated heterocycles. The van der Waals surface area contributed by atoms with Crippen LogP contribution in [0.4, 0.5) is 0 Å². The number of rotatable bonds is 6. The van der Waals surface area contributed by atoms with Crippen LogP contribution >= 0.6 is 23.2 Å². The van der Waals surface area contributed by atoms with Crippen LogP contribution in [-0.4, -0.2) is 49.6 Å². The molecule has 0 aliphatic carbocycles. The number of aromatic nitrogens is 2. The first kappa shape index (κ1) is 23.7. The van der Waals surface area contributed by atoms with Crippen LogP contribution in [0.5, 0.6) is 23.0 Å². The minimum absolute atomic E-state index is 0.0646. The Kier molecular flexibility index (Phi) is 8.16. The van der Waals surface area contributed by atoms with Gasteiger partial charge in [-0.05, 0) is 24.3 Å². The Morgan fingerprint density at radius 1 is 0.750 bits per heavy atom. The number of methoxy groups -OCH3 is 3. The fourth-order valence-corrected chi connectivity index (χ4v) is 3.33. The van der Waals surface area contributed by atoms with Crippen LogP contribution in [0, 0.1) is 0 Å². The van der Waals surface area contributed by atoms with E-state index < -0.39 is 0 Å². The van der Waals surface area contributed by atoms with E-state index in [0.29, 0.717) is 46.0 Å². The Morgan fingerprint density at radius 3 is 1.88 bits per heavy atom. The van der Waals surface area contributed by atoms with Crippen molar-refractivity contribution in [2.75, 3.05) is 34.5 Å². The predicted octanol–water partition coefficient (Wildman–Crippen LogP) is 5.52. The second-order valence-electron chi connectivity index (χ2n) is 6.49. The van der Waals surface area contributed by atoms with Gasteiger partial charge in [0.05, 0.1) is 41.9 Å². The number of phenolic OH excluding ortho intramolecular Hbond substituents is 1. The molecule has 0 unspecified atom stereocenters. The van der Waals surface area contributed by atoms with E-state index in [-0.39, 0.29) is 5.75 Å². The molecule has 4 aromatic rings. The van der Waals surface area contributed by atoms with E-state index in [9.17, 15) is 5.11 Å². The van der Waals surface area contributed by atoms with E-state index in [1.54, 1.807) is 44.8 Å². The highest BCUT2D eigenvalue weighted by Crippen LogP contribution is 2.35.